The first-order valence-electron chi connectivity index (χ1n) is 7.36. The van der Waals surface area contributed by atoms with E-state index in [2.05, 4.69) is 0 Å². The fourth-order valence-corrected chi connectivity index (χ4v) is 2.46. The van der Waals surface area contributed by atoms with Crippen molar-refractivity contribution in [1.82, 2.24) is 4.90 Å². The molecule has 2 amide bonds. The lowest BCUT2D eigenvalue weighted by molar-refractivity contribution is -0.137. The molecule has 0 radical (unpaired) electrons. The number of Topliss-reactive ketones (excluding diaryl/α,β-unsaturated/α-hetero) is 1. The number of benzene rings is 1. The molecule has 0 atom stereocenters. The Balaban J connectivity index is 2.32. The van der Waals surface area contributed by atoms with Crippen LogP contribution in [-0.4, -0.2) is 48.4 Å². The number of esters is 1. The molecule has 6 heteroatoms. The van der Waals surface area contributed by atoms with Crippen molar-refractivity contribution in [2.75, 3.05) is 24.6 Å². The standard InChI is InChI=1S/C16H20N2O4/c1-4-22-15(20)14(19)12-7-5-6-8-13(12)18-10-9-17(11(2)3)16(18)21/h5-8,11H,4,9-10H2,1-3H3. The number of anilines is 1. The van der Waals surface area contributed by atoms with Gasteiger partial charge in [0.1, 0.15) is 0 Å². The number of hydrogen-bond donors (Lipinski definition) is 0. The Morgan fingerprint density at radius 3 is 2.50 bits per heavy atom. The largest absolute Gasteiger partial charge is 0.460 e. The molecule has 1 aromatic rings. The van der Waals surface area contributed by atoms with Gasteiger partial charge in [-0.3, -0.25) is 9.69 Å². The number of amides is 2. The van der Waals surface area contributed by atoms with Gasteiger partial charge in [0.05, 0.1) is 17.9 Å². The van der Waals surface area contributed by atoms with E-state index in [1.807, 2.05) is 13.8 Å². The Labute approximate surface area is 129 Å². The van der Waals surface area contributed by atoms with Crippen molar-refractivity contribution >= 4 is 23.5 Å². The summed E-state index contributed by atoms with van der Waals surface area (Å²) < 4.78 is 4.76. The summed E-state index contributed by atoms with van der Waals surface area (Å²) in [4.78, 5) is 39.6. The first kappa shape index (κ1) is 16.0. The molecule has 0 aromatic heterocycles. The molecule has 118 valence electrons. The summed E-state index contributed by atoms with van der Waals surface area (Å²) in [7, 11) is 0. The Bertz CT molecular complexity index is 598. The minimum Gasteiger partial charge on any atom is -0.460 e. The predicted octanol–water partition coefficient (Wildman–Crippen LogP) is 2.08. The summed E-state index contributed by atoms with van der Waals surface area (Å²) in [6.07, 6.45) is 0. The van der Waals surface area contributed by atoms with Gasteiger partial charge in [-0.05, 0) is 32.9 Å². The molecule has 0 spiro atoms. The minimum absolute atomic E-state index is 0.0884. The van der Waals surface area contributed by atoms with Gasteiger partial charge in [0.25, 0.3) is 5.78 Å². The Kier molecular flexibility index (Phi) is 4.80. The highest BCUT2D eigenvalue weighted by Gasteiger charge is 2.34. The third-order valence-corrected chi connectivity index (χ3v) is 3.56. The van der Waals surface area contributed by atoms with E-state index in [1.165, 1.54) is 4.90 Å². The topological polar surface area (TPSA) is 66.9 Å². The van der Waals surface area contributed by atoms with E-state index in [4.69, 9.17) is 4.74 Å². The van der Waals surface area contributed by atoms with Gasteiger partial charge < -0.3 is 9.64 Å². The van der Waals surface area contributed by atoms with Gasteiger partial charge in [-0.25, -0.2) is 9.59 Å². The van der Waals surface area contributed by atoms with Crippen molar-refractivity contribution in [3.8, 4) is 0 Å². The van der Waals surface area contributed by atoms with Crippen LogP contribution in [0, 0.1) is 0 Å². The van der Waals surface area contributed by atoms with Gasteiger partial charge in [-0.15, -0.1) is 0 Å². The SMILES string of the molecule is CCOC(=O)C(=O)c1ccccc1N1CCN(C(C)C)C1=O. The van der Waals surface area contributed by atoms with E-state index in [1.54, 1.807) is 36.1 Å². The fraction of sp³-hybridized carbons (Fsp3) is 0.438. The number of urea groups is 1. The second kappa shape index (κ2) is 6.60. The van der Waals surface area contributed by atoms with Gasteiger partial charge in [-0.1, -0.05) is 12.1 Å². The van der Waals surface area contributed by atoms with E-state index >= 15 is 0 Å². The van der Waals surface area contributed by atoms with E-state index in [9.17, 15) is 14.4 Å². The highest BCUT2D eigenvalue weighted by molar-refractivity contribution is 6.42. The van der Waals surface area contributed by atoms with E-state index < -0.39 is 11.8 Å². The maximum Gasteiger partial charge on any atom is 0.379 e. The lowest BCUT2D eigenvalue weighted by atomic mass is 10.1. The van der Waals surface area contributed by atoms with Crippen molar-refractivity contribution in [3.63, 3.8) is 0 Å². The third-order valence-electron chi connectivity index (χ3n) is 3.56. The number of ether oxygens (including phenoxy) is 1. The van der Waals surface area contributed by atoms with Gasteiger partial charge in [0, 0.05) is 19.1 Å². The van der Waals surface area contributed by atoms with Gasteiger partial charge in [0.2, 0.25) is 0 Å². The number of para-hydroxylation sites is 1. The molecule has 0 aliphatic carbocycles. The van der Waals surface area contributed by atoms with Crippen LogP contribution in [-0.2, 0) is 9.53 Å². The van der Waals surface area contributed by atoms with Gasteiger partial charge in [-0.2, -0.15) is 0 Å². The number of carbonyl (C=O) groups is 3. The van der Waals surface area contributed by atoms with E-state index in [-0.39, 0.29) is 24.2 Å². The first-order chi connectivity index (χ1) is 10.5. The van der Waals surface area contributed by atoms with Crippen LogP contribution >= 0.6 is 0 Å². The van der Waals surface area contributed by atoms with Crippen molar-refractivity contribution in [3.05, 3.63) is 29.8 Å². The van der Waals surface area contributed by atoms with Crippen molar-refractivity contribution in [2.24, 2.45) is 0 Å². The van der Waals surface area contributed by atoms with Crippen molar-refractivity contribution in [1.29, 1.82) is 0 Å². The highest BCUT2D eigenvalue weighted by Crippen LogP contribution is 2.26. The zero-order chi connectivity index (χ0) is 16.3. The predicted molar refractivity (Wildman–Crippen MR) is 82.0 cm³/mol. The van der Waals surface area contributed by atoms with E-state index in [0.717, 1.165) is 0 Å². The molecule has 0 bridgehead atoms. The molecule has 1 aromatic carbocycles. The number of carbonyl (C=O) groups excluding carboxylic acids is 3. The molecule has 1 heterocycles. The number of nitrogens with zero attached hydrogens (tertiary/aromatic N) is 2. The average Bonchev–Trinajstić information content (AvgIpc) is 2.88. The maximum atomic E-state index is 12.4. The van der Waals surface area contributed by atoms with Crippen LogP contribution in [0.2, 0.25) is 0 Å². The van der Waals surface area contributed by atoms with Crippen LogP contribution in [0.5, 0.6) is 0 Å². The molecule has 2 rings (SSSR count). The molecule has 0 saturated carbocycles. The summed E-state index contributed by atoms with van der Waals surface area (Å²) in [5, 5.41) is 0. The summed E-state index contributed by atoms with van der Waals surface area (Å²) >= 11 is 0. The lowest BCUT2D eigenvalue weighted by Gasteiger charge is -2.22. The summed E-state index contributed by atoms with van der Waals surface area (Å²) in [5.41, 5.74) is 0.647. The monoisotopic (exact) mass is 304 g/mol. The van der Waals surface area contributed by atoms with Gasteiger partial charge in [0.15, 0.2) is 0 Å². The van der Waals surface area contributed by atoms with Crippen LogP contribution in [0.15, 0.2) is 24.3 Å². The molecule has 22 heavy (non-hydrogen) atoms. The molecule has 1 fully saturated rings. The number of rotatable bonds is 5. The van der Waals surface area contributed by atoms with Crippen LogP contribution in [0.4, 0.5) is 10.5 Å². The smallest absolute Gasteiger partial charge is 0.379 e. The Hall–Kier alpha value is -2.37. The molecular weight excluding hydrogens is 284 g/mol. The lowest BCUT2D eigenvalue weighted by Crippen LogP contribution is -2.37. The maximum absolute atomic E-state index is 12.4. The number of ketones is 1. The second-order valence-electron chi connectivity index (χ2n) is 5.29. The molecular formula is C16H20N2O4. The molecule has 0 N–H and O–H groups in total. The van der Waals surface area contributed by atoms with Crippen molar-refractivity contribution < 1.29 is 19.1 Å². The van der Waals surface area contributed by atoms with Crippen LogP contribution in [0.25, 0.3) is 0 Å². The van der Waals surface area contributed by atoms with Gasteiger partial charge >= 0.3 is 12.0 Å². The first-order valence-corrected chi connectivity index (χ1v) is 7.36. The average molecular weight is 304 g/mol. The summed E-state index contributed by atoms with van der Waals surface area (Å²) in [6.45, 7) is 6.74. The summed E-state index contributed by atoms with van der Waals surface area (Å²) in [6, 6.07) is 6.55. The highest BCUT2D eigenvalue weighted by atomic mass is 16.5. The van der Waals surface area contributed by atoms with Crippen LogP contribution < -0.4 is 4.90 Å². The normalized spacial score (nSPS) is 14.6. The zero-order valence-electron chi connectivity index (χ0n) is 13.0. The zero-order valence-corrected chi connectivity index (χ0v) is 13.0. The van der Waals surface area contributed by atoms with Crippen LogP contribution in [0.3, 0.4) is 0 Å². The summed E-state index contributed by atoms with van der Waals surface area (Å²) in [5.74, 6) is -1.63. The Morgan fingerprint density at radius 1 is 1.23 bits per heavy atom. The second-order valence-corrected chi connectivity index (χ2v) is 5.29. The number of hydrogen-bond acceptors (Lipinski definition) is 4. The van der Waals surface area contributed by atoms with Crippen molar-refractivity contribution in [2.45, 2.75) is 26.8 Å². The quantitative estimate of drug-likeness (QED) is 0.474. The molecule has 1 saturated heterocycles. The minimum atomic E-state index is -0.901. The molecule has 0 unspecified atom stereocenters. The molecule has 6 nitrogen and oxygen atoms in total. The van der Waals surface area contributed by atoms with Crippen LogP contribution in [0.1, 0.15) is 31.1 Å². The third kappa shape index (κ3) is 2.95. The Morgan fingerprint density at radius 2 is 1.91 bits per heavy atom. The molecule has 1 aliphatic rings. The molecule has 1 aliphatic heterocycles. The van der Waals surface area contributed by atoms with E-state index in [0.29, 0.717) is 18.8 Å². The fourth-order valence-electron chi connectivity index (χ4n) is 2.46.